The van der Waals surface area contributed by atoms with Gasteiger partial charge in [-0.25, -0.2) is 4.79 Å². The van der Waals surface area contributed by atoms with E-state index in [0.29, 0.717) is 6.54 Å². The summed E-state index contributed by atoms with van der Waals surface area (Å²) in [6.07, 6.45) is 0. The molecule has 3 aromatic rings. The smallest absolute Gasteiger partial charge is 0.321 e. The second kappa shape index (κ2) is 6.53. The number of hydrogen-bond acceptors (Lipinski definition) is 1. The summed E-state index contributed by atoms with van der Waals surface area (Å²) in [4.78, 5) is 14.1. The summed E-state index contributed by atoms with van der Waals surface area (Å²) in [5.74, 6) is 0. The van der Waals surface area contributed by atoms with E-state index in [4.69, 9.17) is 0 Å². The van der Waals surface area contributed by atoms with E-state index in [1.165, 1.54) is 10.9 Å². The van der Waals surface area contributed by atoms with Crippen LogP contribution in [0.4, 0.5) is 10.5 Å². The Kier molecular flexibility index (Phi) is 4.29. The lowest BCUT2D eigenvalue weighted by Crippen LogP contribution is -2.31. The minimum absolute atomic E-state index is 0.108. The highest BCUT2D eigenvalue weighted by Gasteiger charge is 2.10. The van der Waals surface area contributed by atoms with Crippen molar-refractivity contribution < 1.29 is 4.79 Å². The number of rotatable bonds is 3. The van der Waals surface area contributed by atoms with Gasteiger partial charge in [-0.3, -0.25) is 0 Å². The summed E-state index contributed by atoms with van der Waals surface area (Å²) >= 11 is 0. The number of benzene rings is 3. The van der Waals surface area contributed by atoms with Crippen LogP contribution < -0.4 is 5.32 Å². The molecule has 0 unspecified atom stereocenters. The monoisotopic (exact) mass is 304 g/mol. The summed E-state index contributed by atoms with van der Waals surface area (Å²) in [7, 11) is 1.81. The fourth-order valence-electron chi connectivity index (χ4n) is 2.60. The third-order valence-corrected chi connectivity index (χ3v) is 4.02. The number of amides is 2. The lowest BCUT2D eigenvalue weighted by molar-refractivity contribution is 0.220. The molecule has 0 radical (unpaired) electrons. The number of carbonyl (C=O) groups excluding carboxylic acids is 1. The highest BCUT2D eigenvalue weighted by atomic mass is 16.2. The topological polar surface area (TPSA) is 32.3 Å². The Morgan fingerprint density at radius 3 is 2.43 bits per heavy atom. The van der Waals surface area contributed by atoms with Gasteiger partial charge >= 0.3 is 6.03 Å². The maximum Gasteiger partial charge on any atom is 0.321 e. The average Bonchev–Trinajstić information content (AvgIpc) is 2.56. The molecule has 0 saturated heterocycles. The number of nitrogens with zero attached hydrogens (tertiary/aromatic N) is 1. The van der Waals surface area contributed by atoms with E-state index in [1.807, 2.05) is 55.6 Å². The van der Waals surface area contributed by atoms with Crippen LogP contribution in [0, 0.1) is 6.92 Å². The van der Waals surface area contributed by atoms with Crippen molar-refractivity contribution in [3.8, 4) is 0 Å². The molecule has 2 amide bonds. The van der Waals surface area contributed by atoms with E-state index < -0.39 is 0 Å². The van der Waals surface area contributed by atoms with Crippen molar-refractivity contribution in [1.29, 1.82) is 0 Å². The summed E-state index contributed by atoms with van der Waals surface area (Å²) in [6.45, 7) is 2.65. The predicted molar refractivity (Wildman–Crippen MR) is 95.6 cm³/mol. The Balaban J connectivity index is 1.71. The highest BCUT2D eigenvalue weighted by Crippen LogP contribution is 2.19. The van der Waals surface area contributed by atoms with E-state index in [2.05, 4.69) is 30.4 Å². The van der Waals surface area contributed by atoms with Crippen molar-refractivity contribution in [3.05, 3.63) is 77.9 Å². The van der Waals surface area contributed by atoms with Crippen LogP contribution in [0.3, 0.4) is 0 Å². The molecule has 116 valence electrons. The Morgan fingerprint density at radius 1 is 0.957 bits per heavy atom. The van der Waals surface area contributed by atoms with Crippen LogP contribution in [0.15, 0.2) is 66.7 Å². The van der Waals surface area contributed by atoms with Crippen molar-refractivity contribution in [3.63, 3.8) is 0 Å². The highest BCUT2D eigenvalue weighted by molar-refractivity contribution is 5.93. The van der Waals surface area contributed by atoms with E-state index in [0.717, 1.165) is 16.6 Å². The molecule has 0 aliphatic heterocycles. The summed E-state index contributed by atoms with van der Waals surface area (Å²) in [6, 6.07) is 22.1. The zero-order valence-electron chi connectivity index (χ0n) is 13.4. The molecule has 23 heavy (non-hydrogen) atoms. The maximum absolute atomic E-state index is 12.4. The van der Waals surface area contributed by atoms with Gasteiger partial charge < -0.3 is 10.2 Å². The van der Waals surface area contributed by atoms with Gasteiger partial charge in [-0.05, 0) is 41.0 Å². The first kappa shape index (κ1) is 15.1. The Morgan fingerprint density at radius 2 is 1.65 bits per heavy atom. The van der Waals surface area contributed by atoms with Gasteiger partial charge in [0.1, 0.15) is 0 Å². The molecule has 3 heteroatoms. The average molecular weight is 304 g/mol. The van der Waals surface area contributed by atoms with Gasteiger partial charge in [-0.2, -0.15) is 0 Å². The number of hydrogen-bond donors (Lipinski definition) is 1. The normalized spacial score (nSPS) is 10.5. The second-order valence-electron chi connectivity index (χ2n) is 5.77. The number of urea groups is 1. The molecule has 0 aliphatic carbocycles. The van der Waals surface area contributed by atoms with Crippen LogP contribution in [0.25, 0.3) is 10.8 Å². The number of anilines is 1. The zero-order valence-corrected chi connectivity index (χ0v) is 13.4. The molecule has 0 heterocycles. The van der Waals surface area contributed by atoms with E-state index in [9.17, 15) is 4.79 Å². The minimum atomic E-state index is -0.108. The van der Waals surface area contributed by atoms with Crippen molar-refractivity contribution in [2.24, 2.45) is 0 Å². The van der Waals surface area contributed by atoms with Crippen LogP contribution in [0.2, 0.25) is 0 Å². The number of fused-ring (bicyclic) bond motifs is 1. The van der Waals surface area contributed by atoms with Crippen LogP contribution in [-0.4, -0.2) is 18.0 Å². The fraction of sp³-hybridized carbons (Fsp3) is 0.150. The van der Waals surface area contributed by atoms with Crippen LogP contribution in [0.5, 0.6) is 0 Å². The lowest BCUT2D eigenvalue weighted by atomic mass is 10.1. The van der Waals surface area contributed by atoms with Crippen LogP contribution in [0.1, 0.15) is 11.1 Å². The quantitative estimate of drug-likeness (QED) is 0.739. The Labute approximate surface area is 136 Å². The Bertz CT molecular complexity index is 842. The Hall–Kier alpha value is -2.81. The first-order valence-corrected chi connectivity index (χ1v) is 7.69. The molecule has 0 fully saturated rings. The van der Waals surface area contributed by atoms with Gasteiger partial charge in [-0.1, -0.05) is 54.6 Å². The van der Waals surface area contributed by atoms with Gasteiger partial charge in [0, 0.05) is 19.3 Å². The molecule has 3 aromatic carbocycles. The first-order valence-electron chi connectivity index (χ1n) is 7.69. The van der Waals surface area contributed by atoms with Crippen LogP contribution >= 0.6 is 0 Å². The number of aryl methyl sites for hydroxylation is 1. The molecule has 0 aromatic heterocycles. The van der Waals surface area contributed by atoms with E-state index in [-0.39, 0.29) is 6.03 Å². The number of nitrogens with one attached hydrogen (secondary N) is 1. The van der Waals surface area contributed by atoms with Gasteiger partial charge in [0.2, 0.25) is 0 Å². The zero-order chi connectivity index (χ0) is 16.2. The molecule has 0 aliphatic rings. The van der Waals surface area contributed by atoms with Crippen molar-refractivity contribution in [2.75, 3.05) is 12.4 Å². The molecule has 3 nitrogen and oxygen atoms in total. The van der Waals surface area contributed by atoms with E-state index in [1.54, 1.807) is 4.90 Å². The molecule has 0 atom stereocenters. The maximum atomic E-state index is 12.4. The molecule has 0 saturated carbocycles. The van der Waals surface area contributed by atoms with Crippen molar-refractivity contribution >= 4 is 22.5 Å². The van der Waals surface area contributed by atoms with Gasteiger partial charge in [0.15, 0.2) is 0 Å². The van der Waals surface area contributed by atoms with Crippen LogP contribution in [-0.2, 0) is 6.54 Å². The SMILES string of the molecule is Cc1ccccc1CN(C)C(=O)Nc1ccc2ccccc2c1. The number of carbonyl (C=O) groups is 1. The lowest BCUT2D eigenvalue weighted by Gasteiger charge is -2.19. The molecular formula is C20H20N2O. The third kappa shape index (κ3) is 3.51. The summed E-state index contributed by atoms with van der Waals surface area (Å²) in [5.41, 5.74) is 3.16. The third-order valence-electron chi connectivity index (χ3n) is 4.02. The summed E-state index contributed by atoms with van der Waals surface area (Å²) in [5, 5.41) is 5.24. The van der Waals surface area contributed by atoms with Gasteiger partial charge in [-0.15, -0.1) is 0 Å². The molecule has 3 rings (SSSR count). The fourth-order valence-corrected chi connectivity index (χ4v) is 2.60. The molecular weight excluding hydrogens is 284 g/mol. The predicted octanol–water partition coefficient (Wildman–Crippen LogP) is 4.81. The van der Waals surface area contributed by atoms with Crippen molar-refractivity contribution in [2.45, 2.75) is 13.5 Å². The van der Waals surface area contributed by atoms with E-state index >= 15 is 0 Å². The first-order chi connectivity index (χ1) is 11.1. The standard InChI is InChI=1S/C20H20N2O/c1-15-7-3-4-10-18(15)14-22(2)20(23)21-19-12-11-16-8-5-6-9-17(16)13-19/h3-13H,14H2,1-2H3,(H,21,23). The molecule has 0 spiro atoms. The minimum Gasteiger partial charge on any atom is -0.323 e. The summed E-state index contributed by atoms with van der Waals surface area (Å²) < 4.78 is 0. The molecule has 0 bridgehead atoms. The van der Waals surface area contributed by atoms with Gasteiger partial charge in [0.25, 0.3) is 0 Å². The molecule has 1 N–H and O–H groups in total. The second-order valence-corrected chi connectivity index (χ2v) is 5.77. The van der Waals surface area contributed by atoms with Gasteiger partial charge in [0.05, 0.1) is 0 Å². The van der Waals surface area contributed by atoms with Crippen molar-refractivity contribution in [1.82, 2.24) is 4.90 Å². The largest absolute Gasteiger partial charge is 0.323 e.